The average molecular weight is 1230 g/mol. The second-order valence-electron chi connectivity index (χ2n) is 25.4. The van der Waals surface area contributed by atoms with Crippen LogP contribution >= 0.6 is 11.6 Å². The van der Waals surface area contributed by atoms with Gasteiger partial charge in [-0.1, -0.05) is 62.1 Å². The molecule has 472 valence electrons. The van der Waals surface area contributed by atoms with E-state index in [9.17, 15) is 53.7 Å². The number of halogens is 1. The van der Waals surface area contributed by atoms with Gasteiger partial charge >= 0.3 is 30.2 Å². The summed E-state index contributed by atoms with van der Waals surface area (Å²) in [5.74, 6) is -5.01. The summed E-state index contributed by atoms with van der Waals surface area (Å²) in [4.78, 5) is 115. The number of carbonyl (C=O) groups excluding carboxylic acids is 6. The van der Waals surface area contributed by atoms with Crippen molar-refractivity contribution in [2.45, 2.75) is 204 Å². The molecule has 6 aliphatic rings. The minimum atomic E-state index is -1.42. The van der Waals surface area contributed by atoms with Crippen molar-refractivity contribution in [1.29, 1.82) is 0 Å². The summed E-state index contributed by atoms with van der Waals surface area (Å²) < 4.78 is 27.6. The SMILES string of the molecule is CC(C)(C)OC(=O)N[C@H]1CCCCC/C=C\[C@@H]2C[C@@]2(C(=O)O)NC(=O)[C@@H]2C[C@@H](O)CN2C1=O.Cc1ccc2oc(Cl)nc2c1.Cc1ccc2oc(O[C@@H]3C[C@H]4C(=O)N[C@]5(C(=O)O)C[C@H]5/C=C\CCCCC[C@H](NC(=O)OC(C)(C)C)C(=O)N4C3)nc2c1. The minimum absolute atomic E-state index is 0.00688. The van der Waals surface area contributed by atoms with Gasteiger partial charge in [0.05, 0.1) is 12.6 Å². The first-order valence-electron chi connectivity index (χ1n) is 29.8. The van der Waals surface area contributed by atoms with Gasteiger partial charge in [0.1, 0.15) is 63.6 Å². The zero-order valence-corrected chi connectivity index (χ0v) is 51.3. The molecule has 2 aliphatic carbocycles. The van der Waals surface area contributed by atoms with Gasteiger partial charge in [-0.2, -0.15) is 9.97 Å². The number of aliphatic carboxylic acids is 2. The number of amides is 6. The van der Waals surface area contributed by atoms with E-state index in [2.05, 4.69) is 31.2 Å². The van der Waals surface area contributed by atoms with Gasteiger partial charge in [0.25, 0.3) is 5.35 Å². The summed E-state index contributed by atoms with van der Waals surface area (Å²) in [5, 5.41) is 40.9. The number of carboxylic acid groups (broad SMARTS) is 2. The van der Waals surface area contributed by atoms with Crippen LogP contribution in [0.3, 0.4) is 0 Å². The van der Waals surface area contributed by atoms with Crippen LogP contribution in [0.2, 0.25) is 5.35 Å². The van der Waals surface area contributed by atoms with Crippen molar-refractivity contribution in [3.05, 3.63) is 77.2 Å². The Morgan fingerprint density at radius 1 is 0.655 bits per heavy atom. The van der Waals surface area contributed by atoms with Gasteiger partial charge < -0.3 is 69.4 Å². The van der Waals surface area contributed by atoms with Crippen LogP contribution in [0.4, 0.5) is 9.59 Å². The van der Waals surface area contributed by atoms with Gasteiger partial charge in [-0.3, -0.25) is 19.2 Å². The Bertz CT molecular complexity index is 3270. The van der Waals surface area contributed by atoms with Crippen LogP contribution in [0, 0.1) is 25.7 Å². The van der Waals surface area contributed by atoms with Crippen molar-refractivity contribution in [2.24, 2.45) is 11.8 Å². The predicted molar refractivity (Wildman–Crippen MR) is 317 cm³/mol. The van der Waals surface area contributed by atoms with Crippen molar-refractivity contribution < 1.29 is 76.7 Å². The van der Waals surface area contributed by atoms with Crippen LogP contribution < -0.4 is 26.0 Å². The summed E-state index contributed by atoms with van der Waals surface area (Å²) >= 11 is 5.56. The summed E-state index contributed by atoms with van der Waals surface area (Å²) in [7, 11) is 0. The first kappa shape index (κ1) is 65.2. The van der Waals surface area contributed by atoms with Crippen molar-refractivity contribution in [3.8, 4) is 6.08 Å². The fourth-order valence-electron chi connectivity index (χ4n) is 11.3. The summed E-state index contributed by atoms with van der Waals surface area (Å²) in [6.45, 7) is 14.3. The van der Waals surface area contributed by atoms with Crippen LogP contribution in [-0.2, 0) is 38.2 Å². The molecule has 6 amide bonds. The maximum Gasteiger partial charge on any atom is 0.408 e. The molecule has 4 fully saturated rings. The molecule has 87 heavy (non-hydrogen) atoms. The van der Waals surface area contributed by atoms with Crippen molar-refractivity contribution in [2.75, 3.05) is 13.1 Å². The molecule has 0 spiro atoms. The Morgan fingerprint density at radius 2 is 1.11 bits per heavy atom. The fourth-order valence-corrected chi connectivity index (χ4v) is 11.5. The number of carboxylic acids is 2. The number of hydrogen-bond acceptors (Lipinski definition) is 16. The fraction of sp³-hybridized carbons (Fsp3) is 0.581. The summed E-state index contributed by atoms with van der Waals surface area (Å²) in [5.41, 5.74) is 0.562. The van der Waals surface area contributed by atoms with Gasteiger partial charge in [0.15, 0.2) is 11.2 Å². The first-order valence-corrected chi connectivity index (χ1v) is 30.2. The third-order valence-corrected chi connectivity index (χ3v) is 16.1. The van der Waals surface area contributed by atoms with E-state index in [0.29, 0.717) is 36.8 Å². The van der Waals surface area contributed by atoms with Crippen molar-refractivity contribution in [3.63, 3.8) is 0 Å². The summed E-state index contributed by atoms with van der Waals surface area (Å²) in [6, 6.07) is 7.41. The molecule has 0 bridgehead atoms. The summed E-state index contributed by atoms with van der Waals surface area (Å²) in [6.07, 6.45) is 12.1. The smallest absolute Gasteiger partial charge is 0.408 e. The topological polar surface area (TPSA) is 332 Å². The highest BCUT2D eigenvalue weighted by atomic mass is 35.5. The third kappa shape index (κ3) is 16.9. The largest absolute Gasteiger partial charge is 0.479 e. The highest BCUT2D eigenvalue weighted by Gasteiger charge is 2.63. The Balaban J connectivity index is 0.000000196. The molecule has 6 heterocycles. The van der Waals surface area contributed by atoms with Crippen molar-refractivity contribution in [1.82, 2.24) is 41.0 Å². The minimum Gasteiger partial charge on any atom is -0.479 e. The molecule has 7 N–H and O–H groups in total. The van der Waals surface area contributed by atoms with Crippen LogP contribution in [0.25, 0.3) is 22.2 Å². The van der Waals surface area contributed by atoms with E-state index in [1.165, 1.54) is 9.80 Å². The van der Waals surface area contributed by atoms with E-state index in [1.807, 2.05) is 68.5 Å². The number of nitrogens with one attached hydrogen (secondary N) is 4. The number of ether oxygens (including phenoxy) is 3. The average Bonchev–Trinajstić information content (AvgIpc) is 1.95. The number of rotatable bonds is 6. The molecule has 2 saturated heterocycles. The zero-order valence-electron chi connectivity index (χ0n) is 50.5. The Morgan fingerprint density at radius 3 is 1.60 bits per heavy atom. The number of fused-ring (bicyclic) bond motifs is 6. The van der Waals surface area contributed by atoms with E-state index in [0.717, 1.165) is 60.8 Å². The van der Waals surface area contributed by atoms with E-state index in [1.54, 1.807) is 47.6 Å². The number of nitrogens with zero attached hydrogens (tertiary/aromatic N) is 4. The lowest BCUT2D eigenvalue weighted by atomic mass is 10.0. The second-order valence-corrected chi connectivity index (χ2v) is 25.8. The highest BCUT2D eigenvalue weighted by Crippen LogP contribution is 2.47. The number of carbonyl (C=O) groups is 8. The van der Waals surface area contributed by atoms with Crippen LogP contribution in [0.5, 0.6) is 6.08 Å². The van der Waals surface area contributed by atoms with Gasteiger partial charge in [-0.05, 0) is 154 Å². The van der Waals surface area contributed by atoms with Crippen LogP contribution in [0.15, 0.2) is 69.5 Å². The third-order valence-electron chi connectivity index (χ3n) is 15.9. The van der Waals surface area contributed by atoms with E-state index >= 15 is 0 Å². The number of aryl methyl sites for hydroxylation is 2. The number of aliphatic hydroxyl groups excluding tert-OH is 1. The molecular formula is C62H81ClN8O16. The number of hydrogen-bond donors (Lipinski definition) is 7. The molecule has 0 unspecified atom stereocenters. The molecule has 10 rings (SSSR count). The Hall–Kier alpha value is -7.73. The van der Waals surface area contributed by atoms with Crippen LogP contribution in [0.1, 0.15) is 143 Å². The maximum atomic E-state index is 14.0. The Labute approximate surface area is 509 Å². The second kappa shape index (κ2) is 27.1. The molecule has 4 aromatic rings. The lowest BCUT2D eigenvalue weighted by molar-refractivity contribution is -0.146. The number of alkyl carbamates (subject to hydrolysis) is 2. The molecule has 2 aromatic heterocycles. The van der Waals surface area contributed by atoms with E-state index in [-0.39, 0.29) is 62.0 Å². The van der Waals surface area contributed by atoms with Gasteiger partial charge in [0, 0.05) is 31.2 Å². The van der Waals surface area contributed by atoms with E-state index < -0.39 is 106 Å². The van der Waals surface area contributed by atoms with Gasteiger partial charge in [0.2, 0.25) is 23.6 Å². The molecule has 25 heteroatoms. The number of oxazole rings is 2. The molecule has 10 atom stereocenters. The maximum absolute atomic E-state index is 14.0. The molecule has 0 radical (unpaired) electrons. The van der Waals surface area contributed by atoms with E-state index in [4.69, 9.17) is 34.6 Å². The zero-order chi connectivity index (χ0) is 63.2. The highest BCUT2D eigenvalue weighted by molar-refractivity contribution is 6.28. The monoisotopic (exact) mass is 1230 g/mol. The standard InChI is InChI=1S/C31H40N4O8.C23H35N3O7.C8H6ClNO/c1-18-12-13-24-22(14-18)33-29(42-24)41-20-15-23-25(36)34-31(27(38)39)16-19(31)10-8-6-5-7-9-11-21(26(37)35(23)17-20)32-28(40)43-30(2,3)4;1-22(2,3)33-21(32)24-16-10-8-6-4-5-7-9-14-12-23(14,20(30)31)25-18(28)17-11-15(27)13-26(17)19(16)29;1-5-2-3-7-6(4-5)10-8(9)11-7/h8,10,12-14,19-21,23H,5-7,9,11,15-17H2,1-4H3,(H,32,40)(H,34,36)(H,38,39);7,9,14-17,27H,4-6,8,10-13H2,1-3H3,(H,24,32)(H,25,28)(H,30,31);2-4H,1H3/b10-8-;9-7-;/t19-,20-,21+,23+,31-;14-,15-,16+,17+,23-;/m11./s1. The Kier molecular flexibility index (Phi) is 20.3. The molecule has 2 saturated carbocycles. The lowest BCUT2D eigenvalue weighted by Crippen LogP contribution is -2.56. The molecule has 24 nitrogen and oxygen atoms in total. The van der Waals surface area contributed by atoms with Crippen LogP contribution in [-0.4, -0.2) is 155 Å². The van der Waals surface area contributed by atoms with Gasteiger partial charge in [-0.25, -0.2) is 19.2 Å². The first-order chi connectivity index (χ1) is 41.0. The molecular weight excluding hydrogens is 1150 g/mol. The lowest BCUT2D eigenvalue weighted by Gasteiger charge is -2.30. The number of aliphatic hydroxyl groups is 1. The number of benzene rings is 2. The number of allylic oxidation sites excluding steroid dienone is 2. The number of aromatic nitrogens is 2. The molecule has 4 aliphatic heterocycles. The quantitative estimate of drug-likeness (QED) is 0.0900. The predicted octanol–water partition coefficient (Wildman–Crippen LogP) is 7.97. The van der Waals surface area contributed by atoms with Crippen molar-refractivity contribution >= 4 is 81.6 Å². The molecule has 2 aromatic carbocycles. The van der Waals surface area contributed by atoms with Gasteiger partial charge in [-0.15, -0.1) is 0 Å². The normalized spacial score (nSPS) is 28.6.